The first-order chi connectivity index (χ1) is 18.1. The summed E-state index contributed by atoms with van der Waals surface area (Å²) in [5, 5.41) is 13.9. The molecule has 0 spiro atoms. The van der Waals surface area contributed by atoms with Gasteiger partial charge in [-0.2, -0.15) is 0 Å². The van der Waals surface area contributed by atoms with E-state index in [1.54, 1.807) is 48.5 Å². The van der Waals surface area contributed by atoms with E-state index in [0.717, 1.165) is 9.87 Å². The van der Waals surface area contributed by atoms with Crippen molar-refractivity contribution in [2.45, 2.75) is 18.7 Å². The van der Waals surface area contributed by atoms with Crippen LogP contribution in [0.2, 0.25) is 0 Å². The van der Waals surface area contributed by atoms with Crippen LogP contribution in [0.5, 0.6) is 11.5 Å². The third kappa shape index (κ3) is 5.98. The third-order valence-electron chi connectivity index (χ3n) is 5.78. The molecule has 0 saturated heterocycles. The lowest BCUT2D eigenvalue weighted by Crippen LogP contribution is -2.38. The SMILES string of the molecule is Cc1ccc(S(=O)(=O)N(CC(=O)Nc2cccc([N+](=O)[O-])c2C)c2ccc(Oc3ccccc3)cc2)cc1. The summed E-state index contributed by atoms with van der Waals surface area (Å²) >= 11 is 0. The lowest BCUT2D eigenvalue weighted by molar-refractivity contribution is -0.385. The molecule has 1 amide bonds. The van der Waals surface area contributed by atoms with Gasteiger partial charge in [0.2, 0.25) is 5.91 Å². The number of carbonyl (C=O) groups excluding carboxylic acids is 1. The molecule has 0 aliphatic rings. The molecule has 0 fully saturated rings. The summed E-state index contributed by atoms with van der Waals surface area (Å²) in [5.74, 6) is 0.453. The van der Waals surface area contributed by atoms with Gasteiger partial charge < -0.3 is 10.1 Å². The van der Waals surface area contributed by atoms with E-state index in [-0.39, 0.29) is 27.5 Å². The Labute approximate surface area is 220 Å². The molecule has 0 bridgehead atoms. The largest absolute Gasteiger partial charge is 0.457 e. The maximum Gasteiger partial charge on any atom is 0.274 e. The van der Waals surface area contributed by atoms with E-state index in [9.17, 15) is 23.3 Å². The van der Waals surface area contributed by atoms with Crippen molar-refractivity contribution < 1.29 is 22.9 Å². The van der Waals surface area contributed by atoms with Gasteiger partial charge in [0.05, 0.1) is 26.8 Å². The molecular weight excluding hydrogens is 506 g/mol. The van der Waals surface area contributed by atoms with Crippen LogP contribution in [0, 0.1) is 24.0 Å². The summed E-state index contributed by atoms with van der Waals surface area (Å²) in [5.41, 5.74) is 1.47. The van der Waals surface area contributed by atoms with Gasteiger partial charge in [-0.1, -0.05) is 42.0 Å². The molecule has 0 atom stereocenters. The number of nitrogens with one attached hydrogen (secondary N) is 1. The number of nitrogens with zero attached hydrogens (tertiary/aromatic N) is 2. The quantitative estimate of drug-likeness (QED) is 0.214. The summed E-state index contributed by atoms with van der Waals surface area (Å²) in [6.45, 7) is 2.80. The molecule has 0 aliphatic heterocycles. The zero-order valence-electron chi connectivity index (χ0n) is 20.7. The Balaban J connectivity index is 1.64. The summed E-state index contributed by atoms with van der Waals surface area (Å²) < 4.78 is 34.1. The van der Waals surface area contributed by atoms with Crippen LogP contribution in [0.1, 0.15) is 11.1 Å². The number of hydrogen-bond acceptors (Lipinski definition) is 6. The fourth-order valence-corrected chi connectivity index (χ4v) is 5.16. The molecule has 4 rings (SSSR count). The smallest absolute Gasteiger partial charge is 0.274 e. The number of anilines is 2. The lowest BCUT2D eigenvalue weighted by Gasteiger charge is -2.24. The standard InChI is InChI=1S/C28H25N3O6S/c1-20-11-17-25(18-12-20)38(35,36)30(19-28(32)29-26-9-6-10-27(21(26)2)31(33)34)22-13-15-24(16-14-22)37-23-7-4-3-5-8-23/h3-18H,19H2,1-2H3,(H,29,32). The van der Waals surface area contributed by atoms with E-state index in [2.05, 4.69) is 5.32 Å². The Morgan fingerprint density at radius 1 is 0.868 bits per heavy atom. The Kier molecular flexibility index (Phi) is 7.73. The number of sulfonamides is 1. The molecule has 10 heteroatoms. The predicted molar refractivity (Wildman–Crippen MR) is 145 cm³/mol. The van der Waals surface area contributed by atoms with E-state index in [4.69, 9.17) is 4.74 Å². The van der Waals surface area contributed by atoms with E-state index >= 15 is 0 Å². The van der Waals surface area contributed by atoms with Crippen LogP contribution >= 0.6 is 0 Å². The van der Waals surface area contributed by atoms with E-state index in [1.807, 2.05) is 25.1 Å². The molecule has 1 N–H and O–H groups in total. The van der Waals surface area contributed by atoms with Gasteiger partial charge in [0, 0.05) is 6.07 Å². The van der Waals surface area contributed by atoms with Crippen molar-refractivity contribution in [1.29, 1.82) is 0 Å². The van der Waals surface area contributed by atoms with Crippen molar-refractivity contribution in [2.24, 2.45) is 0 Å². The Bertz CT molecular complexity index is 1550. The number of amides is 1. The number of rotatable bonds is 9. The summed E-state index contributed by atoms with van der Waals surface area (Å²) in [7, 11) is -4.14. The van der Waals surface area contributed by atoms with Crippen LogP contribution in [-0.2, 0) is 14.8 Å². The molecule has 38 heavy (non-hydrogen) atoms. The summed E-state index contributed by atoms with van der Waals surface area (Å²) in [6, 6.07) is 26.1. The number of nitro benzene ring substituents is 1. The number of para-hydroxylation sites is 1. The Hall–Kier alpha value is -4.70. The lowest BCUT2D eigenvalue weighted by atomic mass is 10.1. The Morgan fingerprint density at radius 2 is 1.50 bits per heavy atom. The molecule has 4 aromatic rings. The highest BCUT2D eigenvalue weighted by Crippen LogP contribution is 2.29. The summed E-state index contributed by atoms with van der Waals surface area (Å²) in [4.78, 5) is 23.8. The first kappa shape index (κ1) is 26.4. The fourth-order valence-electron chi connectivity index (χ4n) is 3.73. The molecule has 0 aromatic heterocycles. The van der Waals surface area contributed by atoms with Crippen molar-refractivity contribution in [3.63, 3.8) is 0 Å². The number of benzene rings is 4. The topological polar surface area (TPSA) is 119 Å². The Morgan fingerprint density at radius 3 is 2.13 bits per heavy atom. The van der Waals surface area contributed by atoms with Crippen LogP contribution in [0.3, 0.4) is 0 Å². The highest BCUT2D eigenvalue weighted by Gasteiger charge is 2.28. The van der Waals surface area contributed by atoms with Crippen LogP contribution in [0.4, 0.5) is 17.1 Å². The maximum absolute atomic E-state index is 13.6. The van der Waals surface area contributed by atoms with Crippen LogP contribution in [-0.4, -0.2) is 25.8 Å². The molecule has 0 saturated carbocycles. The van der Waals surface area contributed by atoms with Gasteiger partial charge in [0.15, 0.2) is 0 Å². The molecule has 0 heterocycles. The minimum atomic E-state index is -4.14. The first-order valence-electron chi connectivity index (χ1n) is 11.6. The van der Waals surface area contributed by atoms with Crippen molar-refractivity contribution in [2.75, 3.05) is 16.2 Å². The van der Waals surface area contributed by atoms with Gasteiger partial charge in [0.1, 0.15) is 18.0 Å². The minimum absolute atomic E-state index is 0.0204. The highest BCUT2D eigenvalue weighted by atomic mass is 32.2. The van der Waals surface area contributed by atoms with Crippen LogP contribution < -0.4 is 14.4 Å². The van der Waals surface area contributed by atoms with Crippen molar-refractivity contribution >= 4 is 33.0 Å². The number of carbonyl (C=O) groups is 1. The van der Waals surface area contributed by atoms with Crippen molar-refractivity contribution in [1.82, 2.24) is 0 Å². The predicted octanol–water partition coefficient (Wildman–Crippen LogP) is 5.84. The second-order valence-electron chi connectivity index (χ2n) is 8.49. The molecular formula is C28H25N3O6S. The molecule has 4 aromatic carbocycles. The van der Waals surface area contributed by atoms with Gasteiger partial charge >= 0.3 is 0 Å². The number of nitro groups is 1. The molecule has 194 valence electrons. The zero-order valence-corrected chi connectivity index (χ0v) is 21.5. The van der Waals surface area contributed by atoms with E-state index in [1.165, 1.54) is 37.3 Å². The average Bonchev–Trinajstić information content (AvgIpc) is 2.90. The van der Waals surface area contributed by atoms with Crippen LogP contribution in [0.25, 0.3) is 0 Å². The van der Waals surface area contributed by atoms with Crippen LogP contribution in [0.15, 0.2) is 102 Å². The third-order valence-corrected chi connectivity index (χ3v) is 7.56. The van der Waals surface area contributed by atoms with Crippen molar-refractivity contribution in [3.8, 4) is 11.5 Å². The number of aryl methyl sites for hydroxylation is 1. The summed E-state index contributed by atoms with van der Waals surface area (Å²) in [6.07, 6.45) is 0. The molecule has 0 aliphatic carbocycles. The van der Waals surface area contributed by atoms with Gasteiger partial charge in [0.25, 0.3) is 15.7 Å². The number of hydrogen-bond donors (Lipinski definition) is 1. The van der Waals surface area contributed by atoms with Crippen molar-refractivity contribution in [3.05, 3.63) is 118 Å². The maximum atomic E-state index is 13.6. The van der Waals surface area contributed by atoms with E-state index in [0.29, 0.717) is 11.5 Å². The minimum Gasteiger partial charge on any atom is -0.457 e. The average molecular weight is 532 g/mol. The normalized spacial score (nSPS) is 11.0. The highest BCUT2D eigenvalue weighted by molar-refractivity contribution is 7.92. The monoisotopic (exact) mass is 531 g/mol. The molecule has 9 nitrogen and oxygen atoms in total. The van der Waals surface area contributed by atoms with Gasteiger partial charge in [-0.05, 0) is 68.4 Å². The fraction of sp³-hybridized carbons (Fsp3) is 0.107. The molecule has 0 radical (unpaired) electrons. The van der Waals surface area contributed by atoms with Gasteiger partial charge in [-0.15, -0.1) is 0 Å². The number of ether oxygens (including phenoxy) is 1. The zero-order chi connectivity index (χ0) is 27.3. The molecule has 0 unspecified atom stereocenters. The second kappa shape index (κ2) is 11.1. The van der Waals surface area contributed by atoms with Gasteiger partial charge in [-0.25, -0.2) is 8.42 Å². The van der Waals surface area contributed by atoms with E-state index < -0.39 is 27.4 Å². The first-order valence-corrected chi connectivity index (χ1v) is 13.1. The second-order valence-corrected chi connectivity index (χ2v) is 10.4. The van der Waals surface area contributed by atoms with Gasteiger partial charge in [-0.3, -0.25) is 19.2 Å².